The van der Waals surface area contributed by atoms with Gasteiger partial charge in [-0.15, -0.1) is 11.3 Å². The van der Waals surface area contributed by atoms with E-state index in [1.54, 1.807) is 6.20 Å². The molecule has 27 heavy (non-hydrogen) atoms. The summed E-state index contributed by atoms with van der Waals surface area (Å²) in [5.41, 5.74) is 3.09. The van der Waals surface area contributed by atoms with Crippen molar-refractivity contribution in [3.8, 4) is 0 Å². The van der Waals surface area contributed by atoms with Crippen LogP contribution in [0.3, 0.4) is 0 Å². The minimum absolute atomic E-state index is 0.112. The van der Waals surface area contributed by atoms with Crippen LogP contribution < -0.4 is 0 Å². The second-order valence-corrected chi connectivity index (χ2v) is 8.41. The zero-order valence-electron chi connectivity index (χ0n) is 15.3. The van der Waals surface area contributed by atoms with Crippen LogP contribution in [0.15, 0.2) is 54.2 Å². The minimum Gasteiger partial charge on any atom is -0.337 e. The van der Waals surface area contributed by atoms with Crippen LogP contribution in [0.2, 0.25) is 0 Å². The van der Waals surface area contributed by atoms with Crippen LogP contribution in [-0.4, -0.2) is 44.4 Å². The fourth-order valence-corrected chi connectivity index (χ4v) is 5.29. The van der Waals surface area contributed by atoms with Crippen molar-refractivity contribution in [2.24, 2.45) is 0 Å². The third kappa shape index (κ3) is 2.89. The summed E-state index contributed by atoms with van der Waals surface area (Å²) in [6.45, 7) is 5.57. The molecule has 1 saturated heterocycles. The topological polar surface area (TPSA) is 41.4 Å². The molecule has 5 rings (SSSR count). The molecule has 0 unspecified atom stereocenters. The second-order valence-electron chi connectivity index (χ2n) is 7.41. The van der Waals surface area contributed by atoms with Gasteiger partial charge in [-0.1, -0.05) is 6.07 Å². The van der Waals surface area contributed by atoms with Gasteiger partial charge in [-0.2, -0.15) is 0 Å². The smallest absolute Gasteiger partial charge is 0.271 e. The van der Waals surface area contributed by atoms with Crippen LogP contribution in [0.1, 0.15) is 32.7 Å². The zero-order valence-corrected chi connectivity index (χ0v) is 16.1. The maximum Gasteiger partial charge on any atom is 0.271 e. The van der Waals surface area contributed by atoms with E-state index >= 15 is 0 Å². The molecule has 5 heterocycles. The number of nitrogens with zero attached hydrogens (tertiary/aromatic N) is 4. The number of rotatable bonds is 4. The molecule has 0 aromatic carbocycles. The highest BCUT2D eigenvalue weighted by Gasteiger charge is 2.45. The van der Waals surface area contributed by atoms with Crippen molar-refractivity contribution in [1.82, 2.24) is 19.4 Å². The molecule has 6 heteroatoms. The van der Waals surface area contributed by atoms with Crippen LogP contribution in [0, 0.1) is 6.92 Å². The Morgan fingerprint density at radius 1 is 1.11 bits per heavy atom. The molecule has 2 aliphatic heterocycles. The van der Waals surface area contributed by atoms with Crippen LogP contribution >= 0.6 is 11.3 Å². The fourth-order valence-electron chi connectivity index (χ4n) is 4.34. The van der Waals surface area contributed by atoms with Gasteiger partial charge in [0.05, 0.1) is 24.3 Å². The van der Waals surface area contributed by atoms with E-state index in [-0.39, 0.29) is 11.9 Å². The monoisotopic (exact) mass is 378 g/mol. The van der Waals surface area contributed by atoms with Gasteiger partial charge < -0.3 is 9.47 Å². The summed E-state index contributed by atoms with van der Waals surface area (Å²) >= 11 is 1.82. The average Bonchev–Trinajstić information content (AvgIpc) is 3.40. The summed E-state index contributed by atoms with van der Waals surface area (Å²) in [5.74, 6) is 0.112. The molecule has 3 aromatic heterocycles. The standard InChI is InChI=1S/C21H22N4OS/c1-15-7-10-27-20(15)14-23-12-18-19(13-23)25(11-16-5-2-3-8-22-16)21(26)17-6-4-9-24(17)18/h2-10,18-19H,11-14H2,1H3/t18-,19-/m1/s1. The number of amides is 1. The van der Waals surface area contributed by atoms with Crippen LogP contribution in [0.4, 0.5) is 0 Å². The Balaban J connectivity index is 1.45. The minimum atomic E-state index is 0.112. The average molecular weight is 379 g/mol. The van der Waals surface area contributed by atoms with E-state index in [0.29, 0.717) is 12.6 Å². The van der Waals surface area contributed by atoms with Crippen molar-refractivity contribution in [3.05, 3.63) is 76.0 Å². The number of aromatic nitrogens is 2. The third-order valence-corrected chi connectivity index (χ3v) is 6.75. The molecule has 2 atom stereocenters. The van der Waals surface area contributed by atoms with Gasteiger partial charge in [0.15, 0.2) is 0 Å². The molecule has 0 N–H and O–H groups in total. The Morgan fingerprint density at radius 2 is 2.00 bits per heavy atom. The molecule has 1 fully saturated rings. The first-order chi connectivity index (χ1) is 13.2. The summed E-state index contributed by atoms with van der Waals surface area (Å²) in [7, 11) is 0. The molecule has 0 spiro atoms. The van der Waals surface area contributed by atoms with Gasteiger partial charge in [-0.05, 0) is 48.2 Å². The number of thiophene rings is 1. The van der Waals surface area contributed by atoms with E-state index in [9.17, 15) is 4.79 Å². The molecular formula is C21H22N4OS. The number of hydrogen-bond donors (Lipinski definition) is 0. The zero-order chi connectivity index (χ0) is 18.4. The molecule has 5 nitrogen and oxygen atoms in total. The van der Waals surface area contributed by atoms with Crippen molar-refractivity contribution >= 4 is 17.2 Å². The van der Waals surface area contributed by atoms with Gasteiger partial charge in [0, 0.05) is 36.9 Å². The van der Waals surface area contributed by atoms with Crippen molar-refractivity contribution in [1.29, 1.82) is 0 Å². The highest BCUT2D eigenvalue weighted by Crippen LogP contribution is 2.35. The van der Waals surface area contributed by atoms with E-state index in [0.717, 1.165) is 31.0 Å². The predicted molar refractivity (Wildman–Crippen MR) is 106 cm³/mol. The first-order valence-electron chi connectivity index (χ1n) is 9.34. The van der Waals surface area contributed by atoms with Gasteiger partial charge in [-0.3, -0.25) is 14.7 Å². The summed E-state index contributed by atoms with van der Waals surface area (Å²) < 4.78 is 2.18. The number of aryl methyl sites for hydroxylation is 1. The fraction of sp³-hybridized carbons (Fsp3) is 0.333. The normalized spacial score (nSPS) is 22.1. The molecule has 1 amide bonds. The van der Waals surface area contributed by atoms with Gasteiger partial charge >= 0.3 is 0 Å². The van der Waals surface area contributed by atoms with Crippen molar-refractivity contribution in [2.45, 2.75) is 32.1 Å². The van der Waals surface area contributed by atoms with Gasteiger partial charge in [-0.25, -0.2) is 0 Å². The first kappa shape index (κ1) is 16.7. The van der Waals surface area contributed by atoms with E-state index in [4.69, 9.17) is 0 Å². The van der Waals surface area contributed by atoms with Gasteiger partial charge in [0.1, 0.15) is 5.69 Å². The van der Waals surface area contributed by atoms with Crippen molar-refractivity contribution in [3.63, 3.8) is 0 Å². The maximum absolute atomic E-state index is 13.2. The quantitative estimate of drug-likeness (QED) is 0.699. The lowest BCUT2D eigenvalue weighted by atomic mass is 10.1. The first-order valence-corrected chi connectivity index (χ1v) is 10.2. The molecule has 3 aromatic rings. The Hall–Kier alpha value is -2.44. The summed E-state index contributed by atoms with van der Waals surface area (Å²) in [6.07, 6.45) is 3.85. The van der Waals surface area contributed by atoms with Crippen molar-refractivity contribution < 1.29 is 4.79 Å². The second kappa shape index (κ2) is 6.62. The number of hydrogen-bond acceptors (Lipinski definition) is 4. The van der Waals surface area contributed by atoms with Gasteiger partial charge in [0.25, 0.3) is 5.91 Å². The largest absolute Gasteiger partial charge is 0.337 e. The Kier molecular flexibility index (Phi) is 4.10. The highest BCUT2D eigenvalue weighted by molar-refractivity contribution is 7.10. The number of carbonyl (C=O) groups excluding carboxylic acids is 1. The number of likely N-dealkylation sites (tertiary alicyclic amines) is 1. The lowest BCUT2D eigenvalue weighted by Crippen LogP contribution is -2.49. The molecule has 0 aliphatic carbocycles. The number of pyridine rings is 1. The highest BCUT2D eigenvalue weighted by atomic mass is 32.1. The number of carbonyl (C=O) groups is 1. The van der Waals surface area contributed by atoms with E-state index in [2.05, 4.69) is 39.0 Å². The maximum atomic E-state index is 13.2. The molecule has 138 valence electrons. The van der Waals surface area contributed by atoms with Gasteiger partial charge in [0.2, 0.25) is 0 Å². The lowest BCUT2D eigenvalue weighted by Gasteiger charge is -2.38. The Morgan fingerprint density at radius 3 is 2.78 bits per heavy atom. The van der Waals surface area contributed by atoms with E-state index < -0.39 is 0 Å². The molecule has 0 bridgehead atoms. The summed E-state index contributed by atoms with van der Waals surface area (Å²) in [4.78, 5) is 23.5. The molecule has 0 radical (unpaired) electrons. The summed E-state index contributed by atoms with van der Waals surface area (Å²) in [6, 6.07) is 12.5. The Bertz CT molecular complexity index is 963. The van der Waals surface area contributed by atoms with Crippen LogP contribution in [-0.2, 0) is 13.1 Å². The van der Waals surface area contributed by atoms with Crippen LogP contribution in [0.25, 0.3) is 0 Å². The molecular weight excluding hydrogens is 356 g/mol. The van der Waals surface area contributed by atoms with E-state index in [1.807, 2.05) is 46.6 Å². The Labute approximate surface area is 162 Å². The lowest BCUT2D eigenvalue weighted by molar-refractivity contribution is 0.0553. The molecule has 2 aliphatic rings. The number of fused-ring (bicyclic) bond motifs is 3. The van der Waals surface area contributed by atoms with Crippen LogP contribution in [0.5, 0.6) is 0 Å². The third-order valence-electron chi connectivity index (χ3n) is 5.75. The SMILES string of the molecule is Cc1ccsc1CN1C[C@@H]2[C@@H](C1)n1cccc1C(=O)N2Cc1ccccn1. The van der Waals surface area contributed by atoms with E-state index in [1.165, 1.54) is 10.4 Å². The van der Waals surface area contributed by atoms with Crippen molar-refractivity contribution in [2.75, 3.05) is 13.1 Å². The molecule has 0 saturated carbocycles. The summed E-state index contributed by atoms with van der Waals surface area (Å²) in [5, 5.41) is 2.16. The predicted octanol–water partition coefficient (Wildman–Crippen LogP) is 3.33.